The van der Waals surface area contributed by atoms with Gasteiger partial charge >= 0.3 is 6.18 Å². The van der Waals surface area contributed by atoms with Crippen molar-refractivity contribution >= 4 is 11.8 Å². The smallest absolute Gasteiger partial charge is 0.348 e. The molecule has 2 N–H and O–H groups in total. The highest BCUT2D eigenvalue weighted by molar-refractivity contribution is 5.97. The van der Waals surface area contributed by atoms with Crippen LogP contribution in [0.4, 0.5) is 13.2 Å². The summed E-state index contributed by atoms with van der Waals surface area (Å²) in [5.74, 6) is -0.892. The second-order valence-electron chi connectivity index (χ2n) is 7.44. The van der Waals surface area contributed by atoms with Crippen molar-refractivity contribution in [1.29, 1.82) is 0 Å². The Bertz CT molecular complexity index is 1050. The van der Waals surface area contributed by atoms with E-state index in [1.54, 1.807) is 37.3 Å². The minimum Gasteiger partial charge on any atom is -0.348 e. The SMILES string of the molecule is CC(NC(=O)C(Cc1ccccc1)NC(=O)c1ccccc1)c1cccc(C(F)(F)F)c1. The monoisotopic (exact) mass is 440 g/mol. The lowest BCUT2D eigenvalue weighted by Gasteiger charge is -2.22. The third kappa shape index (κ3) is 6.20. The van der Waals surface area contributed by atoms with E-state index in [0.717, 1.165) is 17.7 Å². The van der Waals surface area contributed by atoms with E-state index in [-0.39, 0.29) is 6.42 Å². The minimum atomic E-state index is -4.47. The molecule has 2 atom stereocenters. The molecule has 0 heterocycles. The van der Waals surface area contributed by atoms with Gasteiger partial charge in [-0.25, -0.2) is 0 Å². The number of nitrogens with one attached hydrogen (secondary N) is 2. The zero-order chi connectivity index (χ0) is 23.1. The topological polar surface area (TPSA) is 58.2 Å². The van der Waals surface area contributed by atoms with Crippen LogP contribution >= 0.6 is 0 Å². The summed E-state index contributed by atoms with van der Waals surface area (Å²) in [4.78, 5) is 25.7. The highest BCUT2D eigenvalue weighted by Gasteiger charge is 2.31. The Labute approximate surface area is 184 Å². The van der Waals surface area contributed by atoms with Gasteiger partial charge in [0.25, 0.3) is 5.91 Å². The van der Waals surface area contributed by atoms with E-state index < -0.39 is 35.6 Å². The Balaban J connectivity index is 1.77. The number of rotatable bonds is 7. The van der Waals surface area contributed by atoms with Crippen LogP contribution in [0.5, 0.6) is 0 Å². The van der Waals surface area contributed by atoms with Crippen molar-refractivity contribution in [1.82, 2.24) is 10.6 Å². The van der Waals surface area contributed by atoms with E-state index in [1.807, 2.05) is 30.3 Å². The number of halogens is 3. The van der Waals surface area contributed by atoms with Crippen molar-refractivity contribution in [3.63, 3.8) is 0 Å². The maximum absolute atomic E-state index is 13.0. The average Bonchev–Trinajstić information content (AvgIpc) is 2.79. The van der Waals surface area contributed by atoms with Crippen LogP contribution in [0.25, 0.3) is 0 Å². The fourth-order valence-electron chi connectivity index (χ4n) is 3.27. The molecule has 0 aliphatic heterocycles. The van der Waals surface area contributed by atoms with Crippen LogP contribution in [-0.2, 0) is 17.4 Å². The highest BCUT2D eigenvalue weighted by atomic mass is 19.4. The van der Waals surface area contributed by atoms with E-state index in [1.165, 1.54) is 12.1 Å². The van der Waals surface area contributed by atoms with Crippen LogP contribution in [0.1, 0.15) is 40.0 Å². The first-order chi connectivity index (χ1) is 15.2. The summed E-state index contributed by atoms with van der Waals surface area (Å²) >= 11 is 0. The quantitative estimate of drug-likeness (QED) is 0.548. The second kappa shape index (κ2) is 10.1. The zero-order valence-electron chi connectivity index (χ0n) is 17.4. The molecule has 0 aliphatic carbocycles. The molecule has 32 heavy (non-hydrogen) atoms. The van der Waals surface area contributed by atoms with Gasteiger partial charge in [0.15, 0.2) is 0 Å². The Morgan fingerprint density at radius 1 is 0.844 bits per heavy atom. The van der Waals surface area contributed by atoms with Gasteiger partial charge in [-0.2, -0.15) is 13.2 Å². The predicted octanol–water partition coefficient (Wildman–Crippen LogP) is 4.92. The summed E-state index contributed by atoms with van der Waals surface area (Å²) in [6, 6.07) is 20.9. The van der Waals surface area contributed by atoms with Crippen molar-refractivity contribution in [2.45, 2.75) is 31.6 Å². The van der Waals surface area contributed by atoms with Crippen molar-refractivity contribution in [3.05, 3.63) is 107 Å². The molecule has 4 nitrogen and oxygen atoms in total. The van der Waals surface area contributed by atoms with Crippen LogP contribution in [0.2, 0.25) is 0 Å². The Kier molecular flexibility index (Phi) is 7.30. The predicted molar refractivity (Wildman–Crippen MR) is 116 cm³/mol. The fraction of sp³-hybridized carbons (Fsp3) is 0.200. The number of hydrogen-bond acceptors (Lipinski definition) is 2. The van der Waals surface area contributed by atoms with Crippen molar-refractivity contribution in [2.24, 2.45) is 0 Å². The largest absolute Gasteiger partial charge is 0.416 e. The molecule has 0 radical (unpaired) electrons. The van der Waals surface area contributed by atoms with Gasteiger partial charge in [0.2, 0.25) is 5.91 Å². The van der Waals surface area contributed by atoms with Crippen molar-refractivity contribution in [3.8, 4) is 0 Å². The number of alkyl halides is 3. The lowest BCUT2D eigenvalue weighted by Crippen LogP contribution is -2.48. The van der Waals surface area contributed by atoms with E-state index in [9.17, 15) is 22.8 Å². The molecule has 7 heteroatoms. The van der Waals surface area contributed by atoms with Gasteiger partial charge in [-0.05, 0) is 42.3 Å². The van der Waals surface area contributed by atoms with E-state index in [2.05, 4.69) is 10.6 Å². The number of amides is 2. The van der Waals surface area contributed by atoms with Gasteiger partial charge in [0.05, 0.1) is 11.6 Å². The summed E-state index contributed by atoms with van der Waals surface area (Å²) in [5.41, 5.74) is 0.785. The van der Waals surface area contributed by atoms with Crippen LogP contribution in [-0.4, -0.2) is 17.9 Å². The molecule has 2 amide bonds. The van der Waals surface area contributed by atoms with Gasteiger partial charge < -0.3 is 10.6 Å². The average molecular weight is 440 g/mol. The number of hydrogen-bond donors (Lipinski definition) is 2. The minimum absolute atomic E-state index is 0.237. The van der Waals surface area contributed by atoms with Gasteiger partial charge in [-0.1, -0.05) is 60.7 Å². The molecule has 0 saturated heterocycles. The maximum Gasteiger partial charge on any atom is 0.416 e. The lowest BCUT2D eigenvalue weighted by molar-refractivity contribution is -0.137. The molecule has 0 aliphatic rings. The molecule has 0 bridgehead atoms. The first kappa shape index (κ1) is 23.1. The molecule has 166 valence electrons. The number of carbonyl (C=O) groups excluding carboxylic acids is 2. The first-order valence-electron chi connectivity index (χ1n) is 10.1. The third-order valence-corrected chi connectivity index (χ3v) is 5.01. The van der Waals surface area contributed by atoms with Gasteiger partial charge in [0, 0.05) is 12.0 Å². The fourth-order valence-corrected chi connectivity index (χ4v) is 3.27. The van der Waals surface area contributed by atoms with Crippen LogP contribution in [0.15, 0.2) is 84.9 Å². The zero-order valence-corrected chi connectivity index (χ0v) is 17.4. The molecule has 0 spiro atoms. The number of carbonyl (C=O) groups is 2. The summed E-state index contributed by atoms with van der Waals surface area (Å²) < 4.78 is 39.1. The van der Waals surface area contributed by atoms with E-state index in [4.69, 9.17) is 0 Å². The molecule has 3 aromatic carbocycles. The molecule has 0 aromatic heterocycles. The normalized spacial score (nSPS) is 13.1. The maximum atomic E-state index is 13.0. The Morgan fingerprint density at radius 3 is 2.09 bits per heavy atom. The second-order valence-corrected chi connectivity index (χ2v) is 7.44. The molecule has 2 unspecified atom stereocenters. The van der Waals surface area contributed by atoms with Gasteiger partial charge in [-0.3, -0.25) is 9.59 Å². The van der Waals surface area contributed by atoms with Crippen molar-refractivity contribution in [2.75, 3.05) is 0 Å². The van der Waals surface area contributed by atoms with Crippen LogP contribution < -0.4 is 10.6 Å². The van der Waals surface area contributed by atoms with Gasteiger partial charge in [-0.15, -0.1) is 0 Å². The summed E-state index contributed by atoms with van der Waals surface area (Å²) in [7, 11) is 0. The summed E-state index contributed by atoms with van der Waals surface area (Å²) in [6.07, 6.45) is -4.24. The molecule has 3 aromatic rings. The molecule has 0 saturated carbocycles. The van der Waals surface area contributed by atoms with E-state index >= 15 is 0 Å². The molecule has 0 fully saturated rings. The van der Waals surface area contributed by atoms with Crippen LogP contribution in [0, 0.1) is 0 Å². The summed E-state index contributed by atoms with van der Waals surface area (Å²) in [6.45, 7) is 1.60. The Morgan fingerprint density at radius 2 is 1.47 bits per heavy atom. The summed E-state index contributed by atoms with van der Waals surface area (Å²) in [5, 5.41) is 5.47. The van der Waals surface area contributed by atoms with E-state index in [0.29, 0.717) is 11.1 Å². The van der Waals surface area contributed by atoms with Crippen molar-refractivity contribution < 1.29 is 22.8 Å². The number of benzene rings is 3. The third-order valence-electron chi connectivity index (χ3n) is 5.01. The lowest BCUT2D eigenvalue weighted by atomic mass is 10.0. The molecular weight excluding hydrogens is 417 g/mol. The highest BCUT2D eigenvalue weighted by Crippen LogP contribution is 2.30. The standard InChI is InChI=1S/C25H23F3N2O2/c1-17(20-13-8-14-21(16-20)25(26,27)28)29-24(32)22(15-18-9-4-2-5-10-18)30-23(31)19-11-6-3-7-12-19/h2-14,16-17,22H,15H2,1H3,(H,29,32)(H,30,31). The molecule has 3 rings (SSSR count). The first-order valence-corrected chi connectivity index (χ1v) is 10.1. The van der Waals surface area contributed by atoms with Crippen LogP contribution in [0.3, 0.4) is 0 Å². The molecular formula is C25H23F3N2O2. The van der Waals surface area contributed by atoms with Gasteiger partial charge in [0.1, 0.15) is 6.04 Å². The Hall–Kier alpha value is -3.61.